The Balaban J connectivity index is 2.55. The molecule has 2 amide bonds. The minimum atomic E-state index is -0.797. The van der Waals surface area contributed by atoms with Crippen LogP contribution in [0.1, 0.15) is 33.6 Å². The van der Waals surface area contributed by atoms with E-state index in [1.54, 1.807) is 16.7 Å². The van der Waals surface area contributed by atoms with Crippen LogP contribution in [-0.4, -0.2) is 52.6 Å². The van der Waals surface area contributed by atoms with E-state index in [4.69, 9.17) is 0 Å². The average molecular weight is 288 g/mol. The van der Waals surface area contributed by atoms with Gasteiger partial charge in [-0.1, -0.05) is 6.92 Å². The van der Waals surface area contributed by atoms with Crippen molar-refractivity contribution in [3.8, 4) is 0 Å². The Morgan fingerprint density at radius 2 is 2.11 bits per heavy atom. The van der Waals surface area contributed by atoms with E-state index in [-0.39, 0.29) is 10.8 Å². The molecule has 1 heterocycles. The van der Waals surface area contributed by atoms with Gasteiger partial charge in [-0.2, -0.15) is 11.8 Å². The van der Waals surface area contributed by atoms with Crippen LogP contribution < -0.4 is 5.32 Å². The summed E-state index contributed by atoms with van der Waals surface area (Å²) in [5.74, 6) is -0.797. The smallest absolute Gasteiger partial charge is 0.317 e. The number of rotatable bonds is 5. The molecule has 0 bridgehead atoms. The first-order valence-electron chi connectivity index (χ1n) is 6.58. The standard InChI is InChI=1S/C13H24N2O3S/c1-5-13(10(16)17)6-7-15(9-13)11(18)14-8-12(2,3)19-4/h5-9H2,1-4H3,(H,14,18)(H,16,17). The van der Waals surface area contributed by atoms with Crippen molar-refractivity contribution in [1.82, 2.24) is 10.2 Å². The lowest BCUT2D eigenvalue weighted by atomic mass is 9.84. The van der Waals surface area contributed by atoms with Crippen LogP contribution in [-0.2, 0) is 4.79 Å². The summed E-state index contributed by atoms with van der Waals surface area (Å²) in [7, 11) is 0. The summed E-state index contributed by atoms with van der Waals surface area (Å²) in [5.41, 5.74) is -0.758. The molecule has 0 aromatic heterocycles. The molecule has 1 saturated heterocycles. The van der Waals surface area contributed by atoms with E-state index in [9.17, 15) is 14.7 Å². The van der Waals surface area contributed by atoms with Gasteiger partial charge in [0.05, 0.1) is 5.41 Å². The first-order chi connectivity index (χ1) is 8.76. The van der Waals surface area contributed by atoms with Gasteiger partial charge >= 0.3 is 12.0 Å². The third kappa shape index (κ3) is 3.78. The molecule has 1 rings (SSSR count). The number of hydrogen-bond acceptors (Lipinski definition) is 3. The monoisotopic (exact) mass is 288 g/mol. The van der Waals surface area contributed by atoms with Gasteiger partial charge < -0.3 is 15.3 Å². The van der Waals surface area contributed by atoms with Gasteiger partial charge in [-0.15, -0.1) is 0 Å². The van der Waals surface area contributed by atoms with E-state index >= 15 is 0 Å². The minimum absolute atomic E-state index is 0.00989. The highest BCUT2D eigenvalue weighted by Crippen LogP contribution is 2.34. The third-order valence-corrected chi connectivity index (χ3v) is 5.24. The highest BCUT2D eigenvalue weighted by atomic mass is 32.2. The summed E-state index contributed by atoms with van der Waals surface area (Å²) in [4.78, 5) is 25.0. The highest BCUT2D eigenvalue weighted by molar-refractivity contribution is 7.99. The number of carboxylic acid groups (broad SMARTS) is 1. The molecule has 0 radical (unpaired) electrons. The molecule has 1 unspecified atom stereocenters. The lowest BCUT2D eigenvalue weighted by Gasteiger charge is -2.26. The van der Waals surface area contributed by atoms with Crippen LogP contribution in [0, 0.1) is 5.41 Å². The van der Waals surface area contributed by atoms with Crippen LogP contribution >= 0.6 is 11.8 Å². The number of likely N-dealkylation sites (tertiary alicyclic amines) is 1. The fourth-order valence-corrected chi connectivity index (χ4v) is 2.35. The molecule has 2 N–H and O–H groups in total. The van der Waals surface area contributed by atoms with E-state index in [0.717, 1.165) is 0 Å². The van der Waals surface area contributed by atoms with Gasteiger partial charge in [0.1, 0.15) is 0 Å². The quantitative estimate of drug-likeness (QED) is 0.812. The maximum absolute atomic E-state index is 12.0. The van der Waals surface area contributed by atoms with E-state index in [1.165, 1.54) is 0 Å². The van der Waals surface area contributed by atoms with Crippen LogP contribution in [0.3, 0.4) is 0 Å². The van der Waals surface area contributed by atoms with Crippen LogP contribution in [0.25, 0.3) is 0 Å². The largest absolute Gasteiger partial charge is 0.481 e. The molecular formula is C13H24N2O3S. The lowest BCUT2D eigenvalue weighted by Crippen LogP contribution is -2.45. The van der Waals surface area contributed by atoms with Crippen LogP contribution in [0.4, 0.5) is 4.79 Å². The Morgan fingerprint density at radius 1 is 1.47 bits per heavy atom. The van der Waals surface area contributed by atoms with Gasteiger partial charge in [0.2, 0.25) is 0 Å². The topological polar surface area (TPSA) is 69.6 Å². The molecule has 5 nitrogen and oxygen atoms in total. The molecule has 19 heavy (non-hydrogen) atoms. The molecule has 1 atom stereocenters. The van der Waals surface area contributed by atoms with Crippen LogP contribution in [0.2, 0.25) is 0 Å². The number of urea groups is 1. The second-order valence-corrected chi connectivity index (χ2v) is 7.25. The molecule has 1 aliphatic rings. The Hall–Kier alpha value is -0.910. The number of thioether (sulfide) groups is 1. The number of amides is 2. The number of nitrogens with one attached hydrogen (secondary N) is 1. The number of aliphatic carboxylic acids is 1. The second kappa shape index (κ2) is 6.03. The second-order valence-electron chi connectivity index (χ2n) is 5.73. The Kier molecular flexibility index (Phi) is 5.12. The molecule has 0 aromatic rings. The Labute approximate surface area is 119 Å². The zero-order valence-corrected chi connectivity index (χ0v) is 13.0. The van der Waals surface area contributed by atoms with E-state index in [1.807, 2.05) is 13.2 Å². The van der Waals surface area contributed by atoms with Gasteiger partial charge in [-0.3, -0.25) is 4.79 Å². The van der Waals surface area contributed by atoms with Gasteiger partial charge in [-0.25, -0.2) is 4.79 Å². The summed E-state index contributed by atoms with van der Waals surface area (Å²) in [6.07, 6.45) is 3.11. The van der Waals surface area contributed by atoms with E-state index in [2.05, 4.69) is 19.2 Å². The number of carbonyl (C=O) groups excluding carboxylic acids is 1. The Bertz CT molecular complexity index is 360. The first kappa shape index (κ1) is 16.1. The average Bonchev–Trinajstić information content (AvgIpc) is 2.82. The normalized spacial score (nSPS) is 23.5. The zero-order chi connectivity index (χ0) is 14.7. The summed E-state index contributed by atoms with van der Waals surface area (Å²) in [6, 6.07) is -0.154. The molecule has 1 fully saturated rings. The zero-order valence-electron chi connectivity index (χ0n) is 12.2. The number of carboxylic acids is 1. The minimum Gasteiger partial charge on any atom is -0.481 e. The number of nitrogens with zero attached hydrogens (tertiary/aromatic N) is 1. The van der Waals surface area contributed by atoms with Crippen molar-refractivity contribution in [2.45, 2.75) is 38.4 Å². The molecule has 110 valence electrons. The maximum Gasteiger partial charge on any atom is 0.317 e. The third-order valence-electron chi connectivity index (χ3n) is 3.99. The molecule has 1 aliphatic heterocycles. The van der Waals surface area contributed by atoms with Crippen molar-refractivity contribution in [3.63, 3.8) is 0 Å². The van der Waals surface area contributed by atoms with E-state index in [0.29, 0.717) is 32.5 Å². The number of hydrogen-bond donors (Lipinski definition) is 2. The van der Waals surface area contributed by atoms with Crippen LogP contribution in [0.15, 0.2) is 0 Å². The van der Waals surface area contributed by atoms with Crippen molar-refractivity contribution < 1.29 is 14.7 Å². The first-order valence-corrected chi connectivity index (χ1v) is 7.80. The fraction of sp³-hybridized carbons (Fsp3) is 0.846. The summed E-state index contributed by atoms with van der Waals surface area (Å²) >= 11 is 1.69. The molecule has 0 aliphatic carbocycles. The molecule has 6 heteroatoms. The van der Waals surface area contributed by atoms with Crippen molar-refractivity contribution in [2.24, 2.45) is 5.41 Å². The van der Waals surface area contributed by atoms with Gasteiger partial charge in [0, 0.05) is 24.4 Å². The lowest BCUT2D eigenvalue weighted by molar-refractivity contribution is -0.148. The fourth-order valence-electron chi connectivity index (χ4n) is 2.13. The van der Waals surface area contributed by atoms with Crippen molar-refractivity contribution in [2.75, 3.05) is 25.9 Å². The Morgan fingerprint density at radius 3 is 2.53 bits per heavy atom. The summed E-state index contributed by atoms with van der Waals surface area (Å²) in [6.45, 7) is 7.41. The molecule has 0 saturated carbocycles. The van der Waals surface area contributed by atoms with Crippen molar-refractivity contribution >= 4 is 23.8 Å². The van der Waals surface area contributed by atoms with Crippen LogP contribution in [0.5, 0.6) is 0 Å². The molecular weight excluding hydrogens is 264 g/mol. The summed E-state index contributed by atoms with van der Waals surface area (Å²) in [5, 5.41) is 12.2. The SMILES string of the molecule is CCC1(C(=O)O)CCN(C(=O)NCC(C)(C)SC)C1. The van der Waals surface area contributed by atoms with Gasteiger partial charge in [0.15, 0.2) is 0 Å². The van der Waals surface area contributed by atoms with Gasteiger partial charge in [0.25, 0.3) is 0 Å². The van der Waals surface area contributed by atoms with E-state index < -0.39 is 11.4 Å². The number of carbonyl (C=O) groups is 2. The molecule has 0 spiro atoms. The predicted molar refractivity (Wildman–Crippen MR) is 77.5 cm³/mol. The van der Waals surface area contributed by atoms with Gasteiger partial charge in [-0.05, 0) is 32.9 Å². The maximum atomic E-state index is 12.0. The summed E-state index contributed by atoms with van der Waals surface area (Å²) < 4.78 is -0.00989. The highest BCUT2D eigenvalue weighted by Gasteiger charge is 2.44. The predicted octanol–water partition coefficient (Wildman–Crippen LogP) is 2.02. The van der Waals surface area contributed by atoms with Crippen molar-refractivity contribution in [3.05, 3.63) is 0 Å². The van der Waals surface area contributed by atoms with Crippen molar-refractivity contribution in [1.29, 1.82) is 0 Å². The molecule has 0 aromatic carbocycles.